The van der Waals surface area contributed by atoms with Crippen molar-refractivity contribution in [3.05, 3.63) is 46.7 Å². The zero-order valence-corrected chi connectivity index (χ0v) is 10.5. The van der Waals surface area contributed by atoms with Crippen molar-refractivity contribution >= 4 is 28.9 Å². The molecule has 0 unspecified atom stereocenters. The van der Waals surface area contributed by atoms with E-state index in [0.29, 0.717) is 16.3 Å². The molecule has 0 bridgehead atoms. The summed E-state index contributed by atoms with van der Waals surface area (Å²) in [7, 11) is 0. The van der Waals surface area contributed by atoms with Gasteiger partial charge in [0.2, 0.25) is 5.91 Å². The molecule has 2 rings (SSSR count). The van der Waals surface area contributed by atoms with Crippen LogP contribution >= 0.6 is 11.3 Å². The molecule has 1 amide bonds. The number of esters is 1. The van der Waals surface area contributed by atoms with Crippen molar-refractivity contribution in [2.45, 2.75) is 6.92 Å². The fourth-order valence-electron chi connectivity index (χ4n) is 1.39. The van der Waals surface area contributed by atoms with Gasteiger partial charge >= 0.3 is 5.97 Å². The number of anilines is 1. The maximum atomic E-state index is 11.8. The number of nitrogens with one attached hydrogen (secondary N) is 1. The normalized spacial score (nSPS) is 9.83. The van der Waals surface area contributed by atoms with Crippen LogP contribution in [0.2, 0.25) is 0 Å². The second kappa shape index (κ2) is 5.46. The summed E-state index contributed by atoms with van der Waals surface area (Å²) in [6.45, 7) is 1.40. The number of ether oxygens (including phenoxy) is 1. The Kier molecular flexibility index (Phi) is 3.74. The van der Waals surface area contributed by atoms with Crippen molar-refractivity contribution in [1.29, 1.82) is 0 Å². The molecule has 1 aromatic carbocycles. The van der Waals surface area contributed by atoms with E-state index in [9.17, 15) is 9.59 Å². The number of amides is 1. The van der Waals surface area contributed by atoms with Crippen LogP contribution in [0.4, 0.5) is 5.69 Å². The molecule has 0 aliphatic heterocycles. The van der Waals surface area contributed by atoms with Crippen molar-refractivity contribution in [1.82, 2.24) is 0 Å². The molecule has 0 fully saturated rings. The van der Waals surface area contributed by atoms with Crippen LogP contribution in [0.1, 0.15) is 16.6 Å². The van der Waals surface area contributed by atoms with Crippen molar-refractivity contribution < 1.29 is 14.3 Å². The standard InChI is InChI=1S/C13H11NO3S/c1-9(15)14-10-5-2-3-6-11(10)17-13(16)12-7-4-8-18-12/h2-8H,1H3,(H,14,15). The number of rotatable bonds is 3. The van der Waals surface area contributed by atoms with Gasteiger partial charge in [0.05, 0.1) is 5.69 Å². The smallest absolute Gasteiger partial charge is 0.353 e. The van der Waals surface area contributed by atoms with Crippen LogP contribution in [-0.4, -0.2) is 11.9 Å². The number of benzene rings is 1. The second-order valence-corrected chi connectivity index (χ2v) is 4.49. The Morgan fingerprint density at radius 3 is 2.61 bits per heavy atom. The lowest BCUT2D eigenvalue weighted by Crippen LogP contribution is -2.11. The average molecular weight is 261 g/mol. The highest BCUT2D eigenvalue weighted by Gasteiger charge is 2.12. The Labute approximate surface area is 108 Å². The maximum Gasteiger partial charge on any atom is 0.353 e. The van der Waals surface area contributed by atoms with E-state index < -0.39 is 5.97 Å². The molecule has 0 saturated heterocycles. The molecule has 0 spiro atoms. The largest absolute Gasteiger partial charge is 0.420 e. The van der Waals surface area contributed by atoms with Crippen LogP contribution in [0.25, 0.3) is 0 Å². The van der Waals surface area contributed by atoms with E-state index in [-0.39, 0.29) is 5.91 Å². The zero-order chi connectivity index (χ0) is 13.0. The molecule has 1 N–H and O–H groups in total. The Morgan fingerprint density at radius 1 is 1.17 bits per heavy atom. The summed E-state index contributed by atoms with van der Waals surface area (Å²) in [6.07, 6.45) is 0. The van der Waals surface area contributed by atoms with Gasteiger partial charge in [-0.2, -0.15) is 0 Å². The topological polar surface area (TPSA) is 55.4 Å². The van der Waals surface area contributed by atoms with Gasteiger partial charge < -0.3 is 10.1 Å². The van der Waals surface area contributed by atoms with E-state index >= 15 is 0 Å². The molecular formula is C13H11NO3S. The van der Waals surface area contributed by atoms with Crippen molar-refractivity contribution in [2.75, 3.05) is 5.32 Å². The quantitative estimate of drug-likeness (QED) is 0.682. The number of hydrogen-bond donors (Lipinski definition) is 1. The van der Waals surface area contributed by atoms with E-state index in [1.165, 1.54) is 18.3 Å². The Hall–Kier alpha value is -2.14. The van der Waals surface area contributed by atoms with E-state index in [4.69, 9.17) is 4.74 Å². The number of carbonyl (C=O) groups is 2. The molecule has 4 nitrogen and oxygen atoms in total. The molecule has 18 heavy (non-hydrogen) atoms. The zero-order valence-electron chi connectivity index (χ0n) is 9.67. The minimum absolute atomic E-state index is 0.213. The summed E-state index contributed by atoms with van der Waals surface area (Å²) in [5, 5.41) is 4.41. The van der Waals surface area contributed by atoms with Crippen LogP contribution in [0, 0.1) is 0 Å². The molecule has 0 aliphatic rings. The van der Waals surface area contributed by atoms with Crippen LogP contribution in [0.15, 0.2) is 41.8 Å². The van der Waals surface area contributed by atoms with Crippen molar-refractivity contribution in [2.24, 2.45) is 0 Å². The lowest BCUT2D eigenvalue weighted by Gasteiger charge is -2.09. The first-order chi connectivity index (χ1) is 8.66. The molecule has 92 valence electrons. The Bertz CT molecular complexity index is 563. The molecule has 0 aliphatic carbocycles. The van der Waals surface area contributed by atoms with Gasteiger partial charge in [-0.15, -0.1) is 11.3 Å². The third kappa shape index (κ3) is 2.95. The van der Waals surface area contributed by atoms with Crippen molar-refractivity contribution in [3.8, 4) is 5.75 Å². The molecule has 0 atom stereocenters. The van der Waals surface area contributed by atoms with Gasteiger partial charge in [-0.1, -0.05) is 18.2 Å². The summed E-state index contributed by atoms with van der Waals surface area (Å²) < 4.78 is 5.25. The van der Waals surface area contributed by atoms with E-state index in [1.54, 1.807) is 41.8 Å². The van der Waals surface area contributed by atoms with E-state index in [2.05, 4.69) is 5.32 Å². The molecule has 0 saturated carbocycles. The number of carbonyl (C=O) groups excluding carboxylic acids is 2. The average Bonchev–Trinajstić information content (AvgIpc) is 2.84. The molecule has 1 heterocycles. The predicted octanol–water partition coefficient (Wildman–Crippen LogP) is 2.93. The first-order valence-corrected chi connectivity index (χ1v) is 6.17. The number of para-hydroxylation sites is 2. The predicted molar refractivity (Wildman–Crippen MR) is 70.0 cm³/mol. The summed E-state index contributed by atoms with van der Waals surface area (Å²) in [5.74, 6) is -0.302. The lowest BCUT2D eigenvalue weighted by atomic mass is 10.3. The van der Waals surface area contributed by atoms with Gasteiger partial charge in [-0.25, -0.2) is 4.79 Å². The van der Waals surface area contributed by atoms with Gasteiger partial charge in [0.1, 0.15) is 4.88 Å². The van der Waals surface area contributed by atoms with Gasteiger partial charge in [0.25, 0.3) is 0 Å². The van der Waals surface area contributed by atoms with Crippen LogP contribution in [-0.2, 0) is 4.79 Å². The first kappa shape index (κ1) is 12.3. The monoisotopic (exact) mass is 261 g/mol. The van der Waals surface area contributed by atoms with Gasteiger partial charge in [0, 0.05) is 6.92 Å². The Balaban J connectivity index is 2.18. The van der Waals surface area contributed by atoms with Crippen LogP contribution in [0.5, 0.6) is 5.75 Å². The fourth-order valence-corrected chi connectivity index (χ4v) is 1.99. The highest BCUT2D eigenvalue weighted by Crippen LogP contribution is 2.25. The highest BCUT2D eigenvalue weighted by atomic mass is 32.1. The molecule has 0 radical (unpaired) electrons. The third-order valence-corrected chi connectivity index (χ3v) is 2.97. The van der Waals surface area contributed by atoms with Gasteiger partial charge in [-0.3, -0.25) is 4.79 Å². The minimum Gasteiger partial charge on any atom is -0.420 e. The third-order valence-electron chi connectivity index (χ3n) is 2.12. The van der Waals surface area contributed by atoms with Crippen molar-refractivity contribution in [3.63, 3.8) is 0 Å². The van der Waals surface area contributed by atoms with Gasteiger partial charge in [-0.05, 0) is 23.6 Å². The van der Waals surface area contributed by atoms with Crippen LogP contribution in [0.3, 0.4) is 0 Å². The summed E-state index contributed by atoms with van der Waals surface area (Å²) in [6, 6.07) is 10.3. The fraction of sp³-hybridized carbons (Fsp3) is 0.0769. The molecular weight excluding hydrogens is 250 g/mol. The minimum atomic E-state index is -0.428. The van der Waals surface area contributed by atoms with E-state index in [1.807, 2.05) is 0 Å². The summed E-state index contributed by atoms with van der Waals surface area (Å²) in [4.78, 5) is 23.3. The Morgan fingerprint density at radius 2 is 1.94 bits per heavy atom. The molecule has 5 heteroatoms. The number of hydrogen-bond acceptors (Lipinski definition) is 4. The van der Waals surface area contributed by atoms with E-state index in [0.717, 1.165) is 0 Å². The number of thiophene rings is 1. The molecule has 1 aromatic heterocycles. The first-order valence-electron chi connectivity index (χ1n) is 5.29. The lowest BCUT2D eigenvalue weighted by molar-refractivity contribution is -0.114. The maximum absolute atomic E-state index is 11.8. The van der Waals surface area contributed by atoms with Gasteiger partial charge in [0.15, 0.2) is 5.75 Å². The highest BCUT2D eigenvalue weighted by molar-refractivity contribution is 7.12. The molecule has 2 aromatic rings. The van der Waals surface area contributed by atoms with Crippen LogP contribution < -0.4 is 10.1 Å². The second-order valence-electron chi connectivity index (χ2n) is 3.54. The summed E-state index contributed by atoms with van der Waals surface area (Å²) >= 11 is 1.31. The summed E-state index contributed by atoms with van der Waals surface area (Å²) in [5.41, 5.74) is 0.481. The SMILES string of the molecule is CC(=O)Nc1ccccc1OC(=O)c1cccs1.